The second-order valence-electron chi connectivity index (χ2n) is 4.64. The molecular formula is C17H15NO. The van der Waals surface area contributed by atoms with Crippen molar-refractivity contribution in [2.75, 3.05) is 0 Å². The summed E-state index contributed by atoms with van der Waals surface area (Å²) < 4.78 is 0. The summed E-state index contributed by atoms with van der Waals surface area (Å²) in [6.45, 7) is 1.80. The zero-order chi connectivity index (χ0) is 13.2. The maximum Gasteiger partial charge on any atom is 0.0775 e. The van der Waals surface area contributed by atoms with Crippen LogP contribution >= 0.6 is 0 Å². The molecule has 0 saturated carbocycles. The molecule has 0 radical (unpaired) electrons. The quantitative estimate of drug-likeness (QED) is 0.745. The van der Waals surface area contributed by atoms with E-state index in [1.165, 1.54) is 0 Å². The second-order valence-corrected chi connectivity index (χ2v) is 4.64. The fourth-order valence-corrected chi connectivity index (χ4v) is 2.46. The van der Waals surface area contributed by atoms with E-state index < -0.39 is 6.10 Å². The Labute approximate surface area is 112 Å². The van der Waals surface area contributed by atoms with Gasteiger partial charge in [-0.25, -0.2) is 0 Å². The van der Waals surface area contributed by atoms with Crippen molar-refractivity contribution in [1.82, 2.24) is 4.98 Å². The van der Waals surface area contributed by atoms with Crippen LogP contribution in [0.1, 0.15) is 18.6 Å². The van der Waals surface area contributed by atoms with Crippen LogP contribution in [0.4, 0.5) is 0 Å². The maximum absolute atomic E-state index is 10.1. The predicted octanol–water partition coefficient (Wildman–Crippen LogP) is 3.96. The topological polar surface area (TPSA) is 33.1 Å². The van der Waals surface area contributed by atoms with Crippen LogP contribution in [0.15, 0.2) is 60.8 Å². The third-order valence-electron chi connectivity index (χ3n) is 3.32. The van der Waals surface area contributed by atoms with Gasteiger partial charge in [-0.3, -0.25) is 4.98 Å². The number of hydrogen-bond donors (Lipinski definition) is 1. The molecule has 2 heteroatoms. The van der Waals surface area contributed by atoms with E-state index in [2.05, 4.69) is 4.98 Å². The summed E-state index contributed by atoms with van der Waals surface area (Å²) in [5.41, 5.74) is 3.93. The molecule has 0 fully saturated rings. The number of aliphatic hydroxyl groups excluding tert-OH is 1. The summed E-state index contributed by atoms with van der Waals surface area (Å²) >= 11 is 0. The molecule has 2 aromatic carbocycles. The highest BCUT2D eigenvalue weighted by Crippen LogP contribution is 2.32. The van der Waals surface area contributed by atoms with Gasteiger partial charge in [0.25, 0.3) is 0 Å². The van der Waals surface area contributed by atoms with Crippen molar-refractivity contribution in [2.45, 2.75) is 13.0 Å². The highest BCUT2D eigenvalue weighted by atomic mass is 16.3. The minimum Gasteiger partial charge on any atom is -0.389 e. The number of pyridine rings is 1. The van der Waals surface area contributed by atoms with Crippen LogP contribution < -0.4 is 0 Å². The Morgan fingerprint density at radius 3 is 2.37 bits per heavy atom. The fourth-order valence-electron chi connectivity index (χ4n) is 2.46. The molecule has 1 aromatic heterocycles. The van der Waals surface area contributed by atoms with E-state index in [1.54, 1.807) is 6.92 Å². The van der Waals surface area contributed by atoms with Gasteiger partial charge in [-0.05, 0) is 24.1 Å². The molecule has 1 unspecified atom stereocenters. The van der Waals surface area contributed by atoms with Gasteiger partial charge in [0.15, 0.2) is 0 Å². The smallest absolute Gasteiger partial charge is 0.0775 e. The van der Waals surface area contributed by atoms with E-state index in [1.807, 2.05) is 60.8 Å². The molecule has 0 saturated heterocycles. The van der Waals surface area contributed by atoms with E-state index in [9.17, 15) is 5.11 Å². The zero-order valence-electron chi connectivity index (χ0n) is 10.7. The number of fused-ring (bicyclic) bond motifs is 1. The van der Waals surface area contributed by atoms with E-state index >= 15 is 0 Å². The molecule has 3 aromatic rings. The summed E-state index contributed by atoms with van der Waals surface area (Å²) in [5, 5.41) is 11.1. The predicted molar refractivity (Wildman–Crippen MR) is 77.8 cm³/mol. The molecule has 19 heavy (non-hydrogen) atoms. The third-order valence-corrected chi connectivity index (χ3v) is 3.32. The summed E-state index contributed by atoms with van der Waals surface area (Å²) in [6, 6.07) is 18.0. The van der Waals surface area contributed by atoms with Crippen molar-refractivity contribution in [3.8, 4) is 11.1 Å². The van der Waals surface area contributed by atoms with Gasteiger partial charge in [0.05, 0.1) is 11.6 Å². The molecule has 3 rings (SSSR count). The molecule has 0 amide bonds. The van der Waals surface area contributed by atoms with Gasteiger partial charge in [0.1, 0.15) is 0 Å². The first-order chi connectivity index (χ1) is 9.27. The first-order valence-corrected chi connectivity index (χ1v) is 6.38. The van der Waals surface area contributed by atoms with Gasteiger partial charge in [-0.15, -0.1) is 0 Å². The maximum atomic E-state index is 10.1. The molecule has 0 aliphatic rings. The number of nitrogens with zero attached hydrogens (tertiary/aromatic N) is 1. The van der Waals surface area contributed by atoms with Gasteiger partial charge in [-0.2, -0.15) is 0 Å². The van der Waals surface area contributed by atoms with E-state index in [-0.39, 0.29) is 0 Å². The molecule has 0 spiro atoms. The highest BCUT2D eigenvalue weighted by molar-refractivity contribution is 5.88. The minimum absolute atomic E-state index is 0.525. The summed E-state index contributed by atoms with van der Waals surface area (Å²) in [7, 11) is 0. The van der Waals surface area contributed by atoms with Gasteiger partial charge in [0, 0.05) is 17.1 Å². The minimum atomic E-state index is -0.525. The van der Waals surface area contributed by atoms with Crippen molar-refractivity contribution in [1.29, 1.82) is 0 Å². The number of aliphatic hydroxyl groups is 1. The van der Waals surface area contributed by atoms with E-state index in [4.69, 9.17) is 0 Å². The number of aromatic nitrogens is 1. The Kier molecular flexibility index (Phi) is 3.02. The van der Waals surface area contributed by atoms with Crippen LogP contribution in [0.2, 0.25) is 0 Å². The Hall–Kier alpha value is -2.19. The fraction of sp³-hybridized carbons (Fsp3) is 0.118. The summed E-state index contributed by atoms with van der Waals surface area (Å²) in [4.78, 5) is 4.49. The molecule has 2 nitrogen and oxygen atoms in total. The first kappa shape index (κ1) is 11.9. The molecule has 0 bridgehead atoms. The average molecular weight is 249 g/mol. The zero-order valence-corrected chi connectivity index (χ0v) is 10.7. The average Bonchev–Trinajstić information content (AvgIpc) is 2.46. The lowest BCUT2D eigenvalue weighted by Gasteiger charge is -2.15. The Morgan fingerprint density at radius 1 is 0.947 bits per heavy atom. The van der Waals surface area contributed by atoms with Crippen LogP contribution in [0.25, 0.3) is 22.0 Å². The van der Waals surface area contributed by atoms with Crippen LogP contribution in [-0.4, -0.2) is 10.1 Å². The third kappa shape index (κ3) is 2.11. The Bertz CT molecular complexity index is 705. The molecular weight excluding hydrogens is 234 g/mol. The summed E-state index contributed by atoms with van der Waals surface area (Å²) in [5.74, 6) is 0. The van der Waals surface area contributed by atoms with Crippen molar-refractivity contribution < 1.29 is 5.11 Å². The van der Waals surface area contributed by atoms with Crippen LogP contribution in [-0.2, 0) is 0 Å². The van der Waals surface area contributed by atoms with Gasteiger partial charge < -0.3 is 5.11 Å². The summed E-state index contributed by atoms with van der Waals surface area (Å²) in [6.07, 6.45) is 1.32. The lowest BCUT2D eigenvalue weighted by Crippen LogP contribution is -1.98. The normalized spacial score (nSPS) is 12.5. The van der Waals surface area contributed by atoms with E-state index in [0.29, 0.717) is 0 Å². The number of para-hydroxylation sites is 1. The number of benzene rings is 2. The van der Waals surface area contributed by atoms with Crippen molar-refractivity contribution in [3.05, 3.63) is 66.4 Å². The highest BCUT2D eigenvalue weighted by Gasteiger charge is 2.14. The number of rotatable bonds is 2. The van der Waals surface area contributed by atoms with Gasteiger partial charge in [0.2, 0.25) is 0 Å². The largest absolute Gasteiger partial charge is 0.389 e. The van der Waals surface area contributed by atoms with Crippen LogP contribution in [0.3, 0.4) is 0 Å². The Morgan fingerprint density at radius 2 is 1.63 bits per heavy atom. The van der Waals surface area contributed by atoms with Crippen molar-refractivity contribution in [2.24, 2.45) is 0 Å². The van der Waals surface area contributed by atoms with Crippen LogP contribution in [0, 0.1) is 0 Å². The standard InChI is InChI=1S/C17H15NO/c1-12(19)17-14-9-5-6-10-16(14)18-11-15(17)13-7-3-2-4-8-13/h2-12,19H,1H3. The number of hydrogen-bond acceptors (Lipinski definition) is 2. The monoisotopic (exact) mass is 249 g/mol. The molecule has 1 heterocycles. The lowest BCUT2D eigenvalue weighted by atomic mass is 9.95. The molecule has 1 atom stereocenters. The molecule has 0 aliphatic heterocycles. The first-order valence-electron chi connectivity index (χ1n) is 6.38. The molecule has 1 N–H and O–H groups in total. The lowest BCUT2D eigenvalue weighted by molar-refractivity contribution is 0.201. The van der Waals surface area contributed by atoms with Gasteiger partial charge >= 0.3 is 0 Å². The van der Waals surface area contributed by atoms with Gasteiger partial charge in [-0.1, -0.05) is 48.5 Å². The van der Waals surface area contributed by atoms with Crippen molar-refractivity contribution in [3.63, 3.8) is 0 Å². The Balaban J connectivity index is 2.34. The van der Waals surface area contributed by atoms with Crippen LogP contribution in [0.5, 0.6) is 0 Å². The second kappa shape index (κ2) is 4.82. The molecule has 0 aliphatic carbocycles. The SMILES string of the molecule is CC(O)c1c(-c2ccccc2)cnc2ccccc12. The molecule has 94 valence electrons. The van der Waals surface area contributed by atoms with Crippen molar-refractivity contribution >= 4 is 10.9 Å². The van der Waals surface area contributed by atoms with E-state index in [0.717, 1.165) is 27.6 Å².